The number of aliphatic hydroxyl groups is 1. The molecule has 1 saturated heterocycles. The maximum atomic E-state index is 12.2. The minimum atomic E-state index is -0.450. The van der Waals surface area contributed by atoms with Crippen LogP contribution in [0.25, 0.3) is 6.08 Å². The van der Waals surface area contributed by atoms with Crippen LogP contribution < -0.4 is 5.32 Å². The van der Waals surface area contributed by atoms with Crippen molar-refractivity contribution >= 4 is 34.4 Å². The van der Waals surface area contributed by atoms with Gasteiger partial charge in [-0.3, -0.25) is 4.79 Å². The summed E-state index contributed by atoms with van der Waals surface area (Å²) in [4.78, 5) is 26.7. The number of nitrogens with zero attached hydrogens (tertiary/aromatic N) is 2. The second kappa shape index (κ2) is 8.73. The number of nitriles is 1. The SMILES string of the molecule is N#Cc1c(NC(=O)/C=C/c2ccoc2)sc2c1CCC(COC(=O)N1CC(O)C1)C2. The summed E-state index contributed by atoms with van der Waals surface area (Å²) in [5.74, 6) is -0.143. The lowest BCUT2D eigenvalue weighted by Gasteiger charge is -2.35. The molecule has 156 valence electrons. The van der Waals surface area contributed by atoms with Crippen LogP contribution in [0, 0.1) is 17.2 Å². The first-order valence-electron chi connectivity index (χ1n) is 9.69. The Balaban J connectivity index is 1.36. The number of ether oxygens (including phenoxy) is 1. The number of rotatable bonds is 5. The quantitative estimate of drug-likeness (QED) is 0.709. The molecule has 30 heavy (non-hydrogen) atoms. The Morgan fingerprint density at radius 1 is 1.47 bits per heavy atom. The number of carbonyl (C=O) groups excluding carboxylic acids is 2. The largest absolute Gasteiger partial charge is 0.472 e. The third kappa shape index (κ3) is 4.40. The summed E-state index contributed by atoms with van der Waals surface area (Å²) in [5, 5.41) is 22.2. The minimum Gasteiger partial charge on any atom is -0.472 e. The molecule has 1 unspecified atom stereocenters. The standard InChI is InChI=1S/C21H21N3O5S/c22-8-17-16-3-1-14(12-29-21(27)24-9-15(25)10-24)7-18(16)30-20(17)23-19(26)4-2-13-5-6-28-11-13/h2,4-6,11,14-15,25H,1,3,7,9-10,12H2,(H,23,26)/b4-2+. The molecule has 1 aliphatic carbocycles. The van der Waals surface area contributed by atoms with Crippen LogP contribution in [0.15, 0.2) is 29.1 Å². The van der Waals surface area contributed by atoms with E-state index >= 15 is 0 Å². The number of anilines is 1. The molecule has 0 bridgehead atoms. The molecule has 3 heterocycles. The van der Waals surface area contributed by atoms with Gasteiger partial charge < -0.3 is 24.5 Å². The van der Waals surface area contributed by atoms with Crippen LogP contribution in [-0.4, -0.2) is 47.8 Å². The van der Waals surface area contributed by atoms with E-state index < -0.39 is 12.2 Å². The van der Waals surface area contributed by atoms with E-state index in [0.29, 0.717) is 43.1 Å². The molecule has 1 atom stereocenters. The maximum Gasteiger partial charge on any atom is 0.409 e. The zero-order valence-electron chi connectivity index (χ0n) is 16.2. The summed E-state index contributed by atoms with van der Waals surface area (Å²) in [7, 11) is 0. The molecule has 0 aromatic carbocycles. The molecule has 2 aromatic rings. The van der Waals surface area contributed by atoms with Crippen molar-refractivity contribution in [3.8, 4) is 6.07 Å². The Morgan fingerprint density at radius 3 is 3.00 bits per heavy atom. The Bertz CT molecular complexity index is 999. The predicted molar refractivity (Wildman–Crippen MR) is 110 cm³/mol. The van der Waals surface area contributed by atoms with Crippen molar-refractivity contribution in [2.75, 3.05) is 25.0 Å². The Labute approximate surface area is 177 Å². The summed E-state index contributed by atoms with van der Waals surface area (Å²) in [6.45, 7) is 0.949. The maximum absolute atomic E-state index is 12.2. The number of hydrogen-bond acceptors (Lipinski definition) is 7. The Hall–Kier alpha value is -3.09. The van der Waals surface area contributed by atoms with E-state index in [9.17, 15) is 20.0 Å². The van der Waals surface area contributed by atoms with Gasteiger partial charge in [0.25, 0.3) is 0 Å². The lowest BCUT2D eigenvalue weighted by Crippen LogP contribution is -2.53. The number of likely N-dealkylation sites (tertiary alicyclic amines) is 1. The van der Waals surface area contributed by atoms with E-state index in [1.54, 1.807) is 12.1 Å². The van der Waals surface area contributed by atoms with Gasteiger partial charge in [-0.25, -0.2) is 4.79 Å². The first-order valence-corrected chi connectivity index (χ1v) is 10.5. The van der Waals surface area contributed by atoms with Crippen LogP contribution in [0.2, 0.25) is 0 Å². The zero-order valence-corrected chi connectivity index (χ0v) is 17.0. The van der Waals surface area contributed by atoms with Gasteiger partial charge in [0.1, 0.15) is 11.1 Å². The lowest BCUT2D eigenvalue weighted by atomic mass is 9.88. The van der Waals surface area contributed by atoms with E-state index in [1.807, 2.05) is 0 Å². The number of fused-ring (bicyclic) bond motifs is 1. The van der Waals surface area contributed by atoms with Gasteiger partial charge in [0.15, 0.2) is 0 Å². The monoisotopic (exact) mass is 427 g/mol. The van der Waals surface area contributed by atoms with Crippen LogP contribution in [0.1, 0.15) is 28.0 Å². The van der Waals surface area contributed by atoms with Crippen LogP contribution in [0.5, 0.6) is 0 Å². The fourth-order valence-electron chi connectivity index (χ4n) is 3.58. The van der Waals surface area contributed by atoms with Crippen LogP contribution >= 0.6 is 11.3 Å². The number of β-amino-alcohol motifs (C(OH)–C–C–N with tert-alkyl or cyclic N) is 1. The predicted octanol–water partition coefficient (Wildman–Crippen LogP) is 2.78. The normalized spacial score (nSPS) is 18.5. The summed E-state index contributed by atoms with van der Waals surface area (Å²) in [6.07, 6.45) is 7.47. The minimum absolute atomic E-state index is 0.169. The smallest absolute Gasteiger partial charge is 0.409 e. The second-order valence-electron chi connectivity index (χ2n) is 7.44. The van der Waals surface area contributed by atoms with E-state index in [0.717, 1.165) is 22.4 Å². The number of furan rings is 1. The van der Waals surface area contributed by atoms with Crippen molar-refractivity contribution in [3.05, 3.63) is 46.2 Å². The molecule has 9 heteroatoms. The first-order chi connectivity index (χ1) is 14.5. The average molecular weight is 427 g/mol. The van der Waals surface area contributed by atoms with Crippen molar-refractivity contribution in [3.63, 3.8) is 0 Å². The number of nitrogens with one attached hydrogen (secondary N) is 1. The van der Waals surface area contributed by atoms with E-state index in [4.69, 9.17) is 9.15 Å². The van der Waals surface area contributed by atoms with Gasteiger partial charge >= 0.3 is 6.09 Å². The highest BCUT2D eigenvalue weighted by Gasteiger charge is 2.31. The molecule has 2 aromatic heterocycles. The van der Waals surface area contributed by atoms with E-state index in [-0.39, 0.29) is 11.8 Å². The molecule has 0 spiro atoms. The van der Waals surface area contributed by atoms with E-state index in [1.165, 1.54) is 34.8 Å². The summed E-state index contributed by atoms with van der Waals surface area (Å²) < 4.78 is 10.3. The van der Waals surface area contributed by atoms with Crippen molar-refractivity contribution in [1.29, 1.82) is 5.26 Å². The zero-order chi connectivity index (χ0) is 21.1. The summed E-state index contributed by atoms with van der Waals surface area (Å²) in [5.41, 5.74) is 2.27. The molecule has 2 N–H and O–H groups in total. The molecular weight excluding hydrogens is 406 g/mol. The number of hydrogen-bond donors (Lipinski definition) is 2. The Kier molecular flexibility index (Phi) is 5.88. The van der Waals surface area contributed by atoms with Gasteiger partial charge in [-0.05, 0) is 42.9 Å². The van der Waals surface area contributed by atoms with Gasteiger partial charge in [0.05, 0.1) is 43.9 Å². The molecule has 8 nitrogen and oxygen atoms in total. The van der Waals surface area contributed by atoms with Gasteiger partial charge in [0.2, 0.25) is 5.91 Å². The summed E-state index contributed by atoms with van der Waals surface area (Å²) >= 11 is 1.41. The second-order valence-corrected chi connectivity index (χ2v) is 8.55. The van der Waals surface area contributed by atoms with Crippen LogP contribution in [0.3, 0.4) is 0 Å². The molecule has 4 rings (SSSR count). The van der Waals surface area contributed by atoms with Gasteiger partial charge in [-0.15, -0.1) is 11.3 Å². The lowest BCUT2D eigenvalue weighted by molar-refractivity contribution is -0.111. The van der Waals surface area contributed by atoms with Crippen LogP contribution in [0.4, 0.5) is 9.80 Å². The fourth-order valence-corrected chi connectivity index (χ4v) is 4.90. The molecule has 1 aliphatic heterocycles. The van der Waals surface area contributed by atoms with Crippen molar-refractivity contribution in [2.45, 2.75) is 25.4 Å². The molecule has 2 aliphatic rings. The molecule has 0 saturated carbocycles. The number of amides is 2. The van der Waals surface area contributed by atoms with Crippen LogP contribution in [-0.2, 0) is 22.4 Å². The van der Waals surface area contributed by atoms with Crippen molar-refractivity contribution in [2.24, 2.45) is 5.92 Å². The number of aliphatic hydroxyl groups excluding tert-OH is 1. The van der Waals surface area contributed by atoms with E-state index in [2.05, 4.69) is 11.4 Å². The highest BCUT2D eigenvalue weighted by molar-refractivity contribution is 7.16. The van der Waals surface area contributed by atoms with Crippen molar-refractivity contribution < 1.29 is 23.8 Å². The molecule has 0 radical (unpaired) electrons. The average Bonchev–Trinajstić information content (AvgIpc) is 3.34. The van der Waals surface area contributed by atoms with Gasteiger partial charge in [0, 0.05) is 16.5 Å². The van der Waals surface area contributed by atoms with Gasteiger partial charge in [-0.1, -0.05) is 0 Å². The Morgan fingerprint density at radius 2 is 2.30 bits per heavy atom. The highest BCUT2D eigenvalue weighted by atomic mass is 32.1. The molecule has 2 amide bonds. The molecular formula is C21H21N3O5S. The third-order valence-corrected chi connectivity index (χ3v) is 6.42. The summed E-state index contributed by atoms with van der Waals surface area (Å²) in [6, 6.07) is 3.96. The molecule has 1 fully saturated rings. The number of carbonyl (C=O) groups is 2. The van der Waals surface area contributed by atoms with Crippen molar-refractivity contribution in [1.82, 2.24) is 4.90 Å². The fraction of sp³-hybridized carbons (Fsp3) is 0.381. The first kappa shape index (κ1) is 20.2. The third-order valence-electron chi connectivity index (χ3n) is 5.25. The number of thiophene rings is 1. The topological polar surface area (TPSA) is 116 Å². The van der Waals surface area contributed by atoms with Gasteiger partial charge in [-0.2, -0.15) is 5.26 Å². The highest BCUT2D eigenvalue weighted by Crippen LogP contribution is 2.39.